The Morgan fingerprint density at radius 3 is 2.88 bits per heavy atom. The largest absolute Gasteiger partial charge is 0.497 e. The number of hydrogen-bond acceptors (Lipinski definition) is 5. The summed E-state index contributed by atoms with van der Waals surface area (Å²) in [7, 11) is 3.01. The normalized spacial score (nSPS) is 11.9. The van der Waals surface area contributed by atoms with Gasteiger partial charge >= 0.3 is 0 Å². The minimum absolute atomic E-state index is 0.212. The zero-order valence-electron chi connectivity index (χ0n) is 8.31. The second-order valence-corrected chi connectivity index (χ2v) is 5.95. The van der Waals surface area contributed by atoms with Crippen LogP contribution in [0.2, 0.25) is 0 Å². The Hall–Kier alpha value is -1.27. The van der Waals surface area contributed by atoms with Crippen molar-refractivity contribution >= 4 is 30.6 Å². The Kier molecular flexibility index (Phi) is 2.77. The summed E-state index contributed by atoms with van der Waals surface area (Å²) < 4.78 is 31.8. The molecule has 0 fully saturated rings. The van der Waals surface area contributed by atoms with Crippen LogP contribution in [0, 0.1) is 0 Å². The summed E-state index contributed by atoms with van der Waals surface area (Å²) >= 11 is 0. The zero-order chi connectivity index (χ0) is 11.8. The first-order chi connectivity index (χ1) is 7.49. The van der Waals surface area contributed by atoms with Gasteiger partial charge in [-0.15, -0.1) is 0 Å². The van der Waals surface area contributed by atoms with E-state index in [0.29, 0.717) is 16.7 Å². The van der Waals surface area contributed by atoms with Crippen LogP contribution in [-0.4, -0.2) is 20.7 Å². The Labute approximate surface area is 96.4 Å². The number of nitrogens with zero attached hydrogens (tertiary/aromatic N) is 1. The van der Waals surface area contributed by atoms with E-state index in [4.69, 9.17) is 19.9 Å². The molecule has 0 unspecified atom stereocenters. The Balaban J connectivity index is 2.54. The molecule has 0 atom stereocenters. The molecule has 16 heavy (non-hydrogen) atoms. The van der Waals surface area contributed by atoms with E-state index in [2.05, 4.69) is 5.16 Å². The van der Waals surface area contributed by atoms with Crippen molar-refractivity contribution < 1.29 is 17.7 Å². The number of benzene rings is 1. The number of ether oxygens (including phenoxy) is 1. The van der Waals surface area contributed by atoms with Gasteiger partial charge in [0.2, 0.25) is 9.05 Å². The van der Waals surface area contributed by atoms with Gasteiger partial charge in [0.25, 0.3) is 0 Å². The van der Waals surface area contributed by atoms with Gasteiger partial charge in [0.1, 0.15) is 17.0 Å². The summed E-state index contributed by atoms with van der Waals surface area (Å²) in [6.07, 6.45) is 0. The van der Waals surface area contributed by atoms with Gasteiger partial charge in [0.05, 0.1) is 7.11 Å². The maximum Gasteiger partial charge on any atom is 0.240 e. The molecule has 1 aromatic heterocycles. The molecule has 0 aliphatic carbocycles. The predicted molar refractivity (Wildman–Crippen MR) is 59.0 cm³/mol. The lowest BCUT2D eigenvalue weighted by atomic mass is 10.2. The number of methoxy groups -OCH3 is 1. The van der Waals surface area contributed by atoms with Crippen LogP contribution < -0.4 is 4.74 Å². The van der Waals surface area contributed by atoms with Crippen molar-refractivity contribution in [2.24, 2.45) is 0 Å². The highest BCUT2D eigenvalue weighted by Crippen LogP contribution is 2.25. The van der Waals surface area contributed by atoms with E-state index in [1.807, 2.05) is 0 Å². The fourth-order valence-electron chi connectivity index (χ4n) is 1.36. The predicted octanol–water partition coefficient (Wildman–Crippen LogP) is 1.91. The molecule has 0 radical (unpaired) electrons. The summed E-state index contributed by atoms with van der Waals surface area (Å²) in [6.45, 7) is 0. The fourth-order valence-corrected chi connectivity index (χ4v) is 2.18. The number of aromatic nitrogens is 1. The molecule has 0 saturated heterocycles. The molecular weight excluding hydrogens is 254 g/mol. The van der Waals surface area contributed by atoms with Crippen LogP contribution in [-0.2, 0) is 14.8 Å². The molecule has 0 saturated carbocycles. The van der Waals surface area contributed by atoms with Crippen LogP contribution in [0.15, 0.2) is 22.7 Å². The maximum absolute atomic E-state index is 10.9. The van der Waals surface area contributed by atoms with Crippen molar-refractivity contribution in [3.05, 3.63) is 24.0 Å². The van der Waals surface area contributed by atoms with E-state index in [0.717, 1.165) is 0 Å². The minimum atomic E-state index is -3.66. The SMILES string of the molecule is COc1ccc2noc(CS(=O)(=O)Cl)c2c1. The summed E-state index contributed by atoms with van der Waals surface area (Å²) in [6, 6.07) is 5.05. The Bertz CT molecular complexity index is 619. The summed E-state index contributed by atoms with van der Waals surface area (Å²) in [5.74, 6) is 0.422. The quantitative estimate of drug-likeness (QED) is 0.790. The first-order valence-electron chi connectivity index (χ1n) is 4.34. The first-order valence-corrected chi connectivity index (χ1v) is 6.82. The van der Waals surface area contributed by atoms with E-state index in [9.17, 15) is 8.42 Å². The van der Waals surface area contributed by atoms with Gasteiger partial charge in [0, 0.05) is 16.1 Å². The number of fused-ring (bicyclic) bond motifs is 1. The smallest absolute Gasteiger partial charge is 0.240 e. The van der Waals surface area contributed by atoms with E-state index in [1.54, 1.807) is 18.2 Å². The van der Waals surface area contributed by atoms with Crippen molar-refractivity contribution in [3.8, 4) is 5.75 Å². The van der Waals surface area contributed by atoms with Crippen LogP contribution in [0.25, 0.3) is 10.9 Å². The van der Waals surface area contributed by atoms with E-state index < -0.39 is 14.8 Å². The molecule has 0 N–H and O–H groups in total. The molecule has 0 spiro atoms. The lowest BCUT2D eigenvalue weighted by molar-refractivity contribution is 0.401. The van der Waals surface area contributed by atoms with Gasteiger partial charge in [-0.1, -0.05) is 5.16 Å². The van der Waals surface area contributed by atoms with Crippen LogP contribution in [0.1, 0.15) is 5.76 Å². The standard InChI is InChI=1S/C9H8ClNO4S/c1-14-6-2-3-8-7(4-6)9(15-11-8)5-16(10,12)13/h2-4H,5H2,1H3. The van der Waals surface area contributed by atoms with E-state index in [1.165, 1.54) is 7.11 Å². The van der Waals surface area contributed by atoms with Gasteiger partial charge in [-0.3, -0.25) is 0 Å². The van der Waals surface area contributed by atoms with Crippen LogP contribution in [0.5, 0.6) is 5.75 Å². The summed E-state index contributed by atoms with van der Waals surface area (Å²) in [5.41, 5.74) is 0.566. The highest BCUT2D eigenvalue weighted by Gasteiger charge is 2.16. The molecule has 0 amide bonds. The molecule has 86 valence electrons. The molecular formula is C9H8ClNO4S. The lowest BCUT2D eigenvalue weighted by Crippen LogP contribution is -1.93. The summed E-state index contributed by atoms with van der Waals surface area (Å²) in [5, 5.41) is 4.31. The average molecular weight is 262 g/mol. The molecule has 0 aliphatic rings. The van der Waals surface area contributed by atoms with Crippen LogP contribution in [0.4, 0.5) is 0 Å². The van der Waals surface area contributed by atoms with Crippen molar-refractivity contribution in [1.82, 2.24) is 5.16 Å². The van der Waals surface area contributed by atoms with Crippen LogP contribution >= 0.6 is 10.7 Å². The monoisotopic (exact) mass is 261 g/mol. The van der Waals surface area contributed by atoms with Crippen molar-refractivity contribution in [3.63, 3.8) is 0 Å². The molecule has 0 aliphatic heterocycles. The van der Waals surface area contributed by atoms with E-state index >= 15 is 0 Å². The molecule has 1 aromatic carbocycles. The fraction of sp³-hybridized carbons (Fsp3) is 0.222. The zero-order valence-corrected chi connectivity index (χ0v) is 9.88. The molecule has 0 bridgehead atoms. The lowest BCUT2D eigenvalue weighted by Gasteiger charge is -1.98. The second-order valence-electron chi connectivity index (χ2n) is 3.17. The topological polar surface area (TPSA) is 69.4 Å². The average Bonchev–Trinajstić information content (AvgIpc) is 2.58. The third kappa shape index (κ3) is 2.28. The highest BCUT2D eigenvalue weighted by molar-refractivity contribution is 8.13. The van der Waals surface area contributed by atoms with Crippen molar-refractivity contribution in [1.29, 1.82) is 0 Å². The Morgan fingerprint density at radius 1 is 1.50 bits per heavy atom. The van der Waals surface area contributed by atoms with E-state index in [-0.39, 0.29) is 5.76 Å². The third-order valence-corrected chi connectivity index (χ3v) is 3.00. The maximum atomic E-state index is 10.9. The molecule has 2 rings (SSSR count). The first kappa shape index (κ1) is 11.2. The van der Waals surface area contributed by atoms with Gasteiger partial charge in [0.15, 0.2) is 5.76 Å². The van der Waals surface area contributed by atoms with Gasteiger partial charge in [-0.25, -0.2) is 8.42 Å². The second kappa shape index (κ2) is 3.95. The highest BCUT2D eigenvalue weighted by atomic mass is 35.7. The van der Waals surface area contributed by atoms with Crippen molar-refractivity contribution in [2.45, 2.75) is 5.75 Å². The number of hydrogen-bond donors (Lipinski definition) is 0. The molecule has 7 heteroatoms. The van der Waals surface area contributed by atoms with Gasteiger partial charge in [-0.05, 0) is 18.2 Å². The number of halogens is 1. The Morgan fingerprint density at radius 2 is 2.25 bits per heavy atom. The number of rotatable bonds is 3. The summed E-state index contributed by atoms with van der Waals surface area (Å²) in [4.78, 5) is 0. The van der Waals surface area contributed by atoms with Crippen LogP contribution in [0.3, 0.4) is 0 Å². The minimum Gasteiger partial charge on any atom is -0.497 e. The van der Waals surface area contributed by atoms with Gasteiger partial charge < -0.3 is 9.26 Å². The molecule has 5 nitrogen and oxygen atoms in total. The molecule has 2 aromatic rings. The molecule has 1 heterocycles. The van der Waals surface area contributed by atoms with Gasteiger partial charge in [-0.2, -0.15) is 0 Å². The third-order valence-electron chi connectivity index (χ3n) is 2.06. The van der Waals surface area contributed by atoms with Crippen molar-refractivity contribution in [2.75, 3.05) is 7.11 Å².